The zero-order valence-electron chi connectivity index (χ0n) is 14.1. The van der Waals surface area contributed by atoms with Crippen LogP contribution < -0.4 is 10.5 Å². The first-order valence-corrected chi connectivity index (χ1v) is 7.89. The molecule has 2 rings (SSSR count). The SMILES string of the molecule is C=C/C=C(\C=C/N)CCc1ccc(OC)c2oc(C(C)C)cc12. The Hall–Kier alpha value is -2.42. The molecule has 0 saturated carbocycles. The largest absolute Gasteiger partial charge is 0.493 e. The van der Waals surface area contributed by atoms with E-state index in [0.717, 1.165) is 40.9 Å². The van der Waals surface area contributed by atoms with Gasteiger partial charge in [0.15, 0.2) is 11.3 Å². The van der Waals surface area contributed by atoms with Gasteiger partial charge in [-0.3, -0.25) is 0 Å². The molecule has 1 aromatic heterocycles. The van der Waals surface area contributed by atoms with Gasteiger partial charge < -0.3 is 14.9 Å². The van der Waals surface area contributed by atoms with Crippen LogP contribution in [0.2, 0.25) is 0 Å². The van der Waals surface area contributed by atoms with E-state index in [1.807, 2.05) is 18.2 Å². The summed E-state index contributed by atoms with van der Waals surface area (Å²) in [5.41, 5.74) is 8.74. The number of ether oxygens (including phenoxy) is 1. The fraction of sp³-hybridized carbons (Fsp3) is 0.300. The Balaban J connectivity index is 2.37. The van der Waals surface area contributed by atoms with Crippen LogP contribution in [0.5, 0.6) is 5.75 Å². The quantitative estimate of drug-likeness (QED) is 0.725. The highest BCUT2D eigenvalue weighted by Crippen LogP contribution is 2.34. The van der Waals surface area contributed by atoms with Crippen molar-refractivity contribution in [2.24, 2.45) is 5.73 Å². The van der Waals surface area contributed by atoms with Crippen LogP contribution >= 0.6 is 0 Å². The van der Waals surface area contributed by atoms with Crippen LogP contribution in [0, 0.1) is 0 Å². The molecule has 0 amide bonds. The van der Waals surface area contributed by atoms with Gasteiger partial charge >= 0.3 is 0 Å². The Labute approximate surface area is 138 Å². The fourth-order valence-electron chi connectivity index (χ4n) is 2.61. The maximum Gasteiger partial charge on any atom is 0.176 e. The van der Waals surface area contributed by atoms with Crippen LogP contribution in [0.1, 0.15) is 37.5 Å². The van der Waals surface area contributed by atoms with Crippen molar-refractivity contribution in [3.8, 4) is 5.75 Å². The third-order valence-electron chi connectivity index (χ3n) is 3.87. The highest BCUT2D eigenvalue weighted by molar-refractivity contribution is 5.87. The molecule has 1 aromatic carbocycles. The fourth-order valence-corrected chi connectivity index (χ4v) is 2.61. The zero-order chi connectivity index (χ0) is 16.8. The third kappa shape index (κ3) is 3.86. The van der Waals surface area contributed by atoms with Crippen LogP contribution in [-0.4, -0.2) is 7.11 Å². The molecule has 0 aliphatic carbocycles. The van der Waals surface area contributed by atoms with Gasteiger partial charge in [0, 0.05) is 11.3 Å². The summed E-state index contributed by atoms with van der Waals surface area (Å²) in [6.07, 6.45) is 9.04. The van der Waals surface area contributed by atoms with E-state index in [1.165, 1.54) is 5.56 Å². The minimum Gasteiger partial charge on any atom is -0.493 e. The molecule has 0 aliphatic rings. The van der Waals surface area contributed by atoms with E-state index in [1.54, 1.807) is 19.4 Å². The third-order valence-corrected chi connectivity index (χ3v) is 3.87. The molecule has 0 saturated heterocycles. The minimum absolute atomic E-state index is 0.344. The van der Waals surface area contributed by atoms with Gasteiger partial charge in [0.2, 0.25) is 0 Å². The van der Waals surface area contributed by atoms with E-state index >= 15 is 0 Å². The van der Waals surface area contributed by atoms with Gasteiger partial charge in [-0.25, -0.2) is 0 Å². The molecule has 23 heavy (non-hydrogen) atoms. The first kappa shape index (κ1) is 16.9. The summed E-state index contributed by atoms with van der Waals surface area (Å²) in [6.45, 7) is 8.00. The number of methoxy groups -OCH3 is 1. The highest BCUT2D eigenvalue weighted by atomic mass is 16.5. The van der Waals surface area contributed by atoms with E-state index in [-0.39, 0.29) is 0 Å². The van der Waals surface area contributed by atoms with Crippen LogP contribution in [0.4, 0.5) is 0 Å². The van der Waals surface area contributed by atoms with Gasteiger partial charge in [-0.1, -0.05) is 38.6 Å². The van der Waals surface area contributed by atoms with Crippen molar-refractivity contribution in [2.75, 3.05) is 7.11 Å². The lowest BCUT2D eigenvalue weighted by atomic mass is 10.00. The molecule has 0 unspecified atom stereocenters. The average molecular weight is 311 g/mol. The van der Waals surface area contributed by atoms with E-state index in [2.05, 4.69) is 32.6 Å². The van der Waals surface area contributed by atoms with Gasteiger partial charge in [0.05, 0.1) is 7.11 Å². The number of benzene rings is 1. The predicted octanol–water partition coefficient (Wildman–Crippen LogP) is 5.08. The number of furan rings is 1. The monoisotopic (exact) mass is 311 g/mol. The van der Waals surface area contributed by atoms with Gasteiger partial charge in [-0.2, -0.15) is 0 Å². The van der Waals surface area contributed by atoms with E-state index in [4.69, 9.17) is 14.9 Å². The van der Waals surface area contributed by atoms with Crippen molar-refractivity contribution in [1.82, 2.24) is 0 Å². The number of aryl methyl sites for hydroxylation is 1. The summed E-state index contributed by atoms with van der Waals surface area (Å²) in [5.74, 6) is 2.10. The molecular formula is C20H25NO2. The number of allylic oxidation sites excluding steroid dienone is 4. The van der Waals surface area contributed by atoms with Crippen LogP contribution in [0.15, 0.2) is 59.2 Å². The Morgan fingerprint density at radius 2 is 2.17 bits per heavy atom. The Kier molecular flexibility index (Phi) is 5.69. The molecule has 2 N–H and O–H groups in total. The lowest BCUT2D eigenvalue weighted by Gasteiger charge is -2.07. The Bertz CT molecular complexity index is 735. The average Bonchev–Trinajstić information content (AvgIpc) is 2.98. The molecule has 3 heteroatoms. The molecular weight excluding hydrogens is 286 g/mol. The first-order chi connectivity index (χ1) is 11.1. The summed E-state index contributed by atoms with van der Waals surface area (Å²) in [6, 6.07) is 6.22. The van der Waals surface area contributed by atoms with Crippen molar-refractivity contribution in [2.45, 2.75) is 32.6 Å². The van der Waals surface area contributed by atoms with Crippen molar-refractivity contribution in [3.63, 3.8) is 0 Å². The summed E-state index contributed by atoms with van der Waals surface area (Å²) >= 11 is 0. The van der Waals surface area contributed by atoms with Crippen molar-refractivity contribution in [3.05, 3.63) is 66.1 Å². The minimum atomic E-state index is 0.344. The second-order valence-electron chi connectivity index (χ2n) is 5.81. The lowest BCUT2D eigenvalue weighted by Crippen LogP contribution is -1.91. The van der Waals surface area contributed by atoms with Gasteiger partial charge in [-0.15, -0.1) is 0 Å². The molecule has 3 nitrogen and oxygen atoms in total. The molecule has 1 heterocycles. The van der Waals surface area contributed by atoms with Gasteiger partial charge in [0.25, 0.3) is 0 Å². The molecule has 0 spiro atoms. The predicted molar refractivity (Wildman–Crippen MR) is 96.8 cm³/mol. The number of nitrogens with two attached hydrogens (primary N) is 1. The standard InChI is InChI=1S/C20H25NO2/c1-5-6-15(11-12-21)7-8-16-9-10-18(22-4)20-17(16)13-19(23-20)14(2)3/h5-6,9-14H,1,7-8,21H2,2-4H3/b12-11-,15-6-. The number of rotatable bonds is 7. The van der Waals surface area contributed by atoms with E-state index in [9.17, 15) is 0 Å². The zero-order valence-corrected chi connectivity index (χ0v) is 14.1. The molecule has 0 aliphatic heterocycles. The molecule has 0 bridgehead atoms. The normalized spacial score (nSPS) is 12.4. The molecule has 2 aromatic rings. The Morgan fingerprint density at radius 1 is 1.39 bits per heavy atom. The van der Waals surface area contributed by atoms with Gasteiger partial charge in [-0.05, 0) is 48.4 Å². The van der Waals surface area contributed by atoms with Crippen LogP contribution in [-0.2, 0) is 6.42 Å². The summed E-state index contributed by atoms with van der Waals surface area (Å²) in [7, 11) is 1.67. The maximum absolute atomic E-state index is 6.00. The summed E-state index contributed by atoms with van der Waals surface area (Å²) in [5, 5.41) is 1.13. The molecule has 122 valence electrons. The van der Waals surface area contributed by atoms with Gasteiger partial charge in [0.1, 0.15) is 5.76 Å². The van der Waals surface area contributed by atoms with Crippen LogP contribution in [0.25, 0.3) is 11.0 Å². The van der Waals surface area contributed by atoms with Crippen molar-refractivity contribution < 1.29 is 9.15 Å². The maximum atomic E-state index is 6.00. The second kappa shape index (κ2) is 7.73. The molecule has 0 atom stereocenters. The number of fused-ring (bicyclic) bond motifs is 1. The number of hydrogen-bond donors (Lipinski definition) is 1. The van der Waals surface area contributed by atoms with Crippen molar-refractivity contribution in [1.29, 1.82) is 0 Å². The summed E-state index contributed by atoms with van der Waals surface area (Å²) < 4.78 is 11.4. The smallest absolute Gasteiger partial charge is 0.176 e. The summed E-state index contributed by atoms with van der Waals surface area (Å²) in [4.78, 5) is 0. The van der Waals surface area contributed by atoms with E-state index < -0.39 is 0 Å². The van der Waals surface area contributed by atoms with E-state index in [0.29, 0.717) is 5.92 Å². The highest BCUT2D eigenvalue weighted by Gasteiger charge is 2.14. The molecule has 0 radical (unpaired) electrons. The van der Waals surface area contributed by atoms with Crippen molar-refractivity contribution >= 4 is 11.0 Å². The first-order valence-electron chi connectivity index (χ1n) is 7.89. The second-order valence-corrected chi connectivity index (χ2v) is 5.81. The molecule has 0 fully saturated rings. The number of hydrogen-bond acceptors (Lipinski definition) is 3. The lowest BCUT2D eigenvalue weighted by molar-refractivity contribution is 0.406. The topological polar surface area (TPSA) is 48.4 Å². The Morgan fingerprint density at radius 3 is 2.78 bits per heavy atom. The van der Waals surface area contributed by atoms with Crippen LogP contribution in [0.3, 0.4) is 0 Å².